The van der Waals surface area contributed by atoms with Gasteiger partial charge in [0.25, 0.3) is 5.91 Å². The maximum Gasteiger partial charge on any atom is 0.416 e. The molecule has 5 nitrogen and oxygen atoms in total. The summed E-state index contributed by atoms with van der Waals surface area (Å²) in [5.74, 6) is -0.477. The lowest BCUT2D eigenvalue weighted by Crippen LogP contribution is -2.58. The standard InChI is InChI=1S/C21H24BrF3N2O3S/c1-11-14(22)10-16(31-11)18(28)26-15(17(20(2,3)4)27-19(29)30)9-12-7-5-6-8-13(12)21(23,24)25/h5-8,10,15,17,27H,9H2,1-4H3,(H,26,28)(H,29,30)/t15-,17?/m0/s1. The molecule has 0 aliphatic heterocycles. The number of nitrogens with one attached hydrogen (secondary N) is 2. The molecule has 0 radical (unpaired) electrons. The third kappa shape index (κ3) is 6.70. The van der Waals surface area contributed by atoms with E-state index in [1.807, 2.05) is 6.92 Å². The second-order valence-corrected chi connectivity index (χ2v) is 10.4. The summed E-state index contributed by atoms with van der Waals surface area (Å²) in [6.07, 6.45) is -6.09. The van der Waals surface area contributed by atoms with Gasteiger partial charge in [0.2, 0.25) is 0 Å². The van der Waals surface area contributed by atoms with Crippen molar-refractivity contribution in [3.8, 4) is 0 Å². The number of carbonyl (C=O) groups excluding carboxylic acids is 1. The number of aryl methyl sites for hydroxylation is 1. The molecule has 1 aromatic carbocycles. The van der Waals surface area contributed by atoms with Crippen LogP contribution in [0.1, 0.15) is 46.4 Å². The van der Waals surface area contributed by atoms with E-state index in [1.165, 1.54) is 29.5 Å². The van der Waals surface area contributed by atoms with Crippen LogP contribution >= 0.6 is 27.3 Å². The monoisotopic (exact) mass is 520 g/mol. The molecular formula is C21H24BrF3N2O3S. The summed E-state index contributed by atoms with van der Waals surface area (Å²) < 4.78 is 41.3. The maximum atomic E-state index is 13.5. The second kappa shape index (κ2) is 9.60. The topological polar surface area (TPSA) is 78.4 Å². The average Bonchev–Trinajstić information content (AvgIpc) is 2.96. The maximum absolute atomic E-state index is 13.5. The minimum absolute atomic E-state index is 0.0229. The van der Waals surface area contributed by atoms with Crippen molar-refractivity contribution in [2.75, 3.05) is 0 Å². The number of hydrogen-bond donors (Lipinski definition) is 3. The van der Waals surface area contributed by atoms with Gasteiger partial charge >= 0.3 is 12.3 Å². The molecule has 0 aliphatic rings. The van der Waals surface area contributed by atoms with Crippen LogP contribution in [0, 0.1) is 12.3 Å². The molecule has 10 heteroatoms. The van der Waals surface area contributed by atoms with Crippen molar-refractivity contribution < 1.29 is 27.9 Å². The summed E-state index contributed by atoms with van der Waals surface area (Å²) in [5.41, 5.74) is -1.52. The smallest absolute Gasteiger partial charge is 0.416 e. The first-order chi connectivity index (χ1) is 14.2. The largest absolute Gasteiger partial charge is 0.465 e. The highest BCUT2D eigenvalue weighted by molar-refractivity contribution is 9.10. The molecule has 1 heterocycles. The van der Waals surface area contributed by atoms with Crippen LogP contribution in [-0.2, 0) is 12.6 Å². The number of carbonyl (C=O) groups is 2. The third-order valence-electron chi connectivity index (χ3n) is 4.77. The van der Waals surface area contributed by atoms with E-state index in [2.05, 4.69) is 26.6 Å². The van der Waals surface area contributed by atoms with E-state index in [-0.39, 0.29) is 12.0 Å². The lowest BCUT2D eigenvalue weighted by atomic mass is 9.79. The fourth-order valence-corrected chi connectivity index (χ4v) is 4.77. The number of hydrogen-bond acceptors (Lipinski definition) is 3. The van der Waals surface area contributed by atoms with E-state index in [9.17, 15) is 27.9 Å². The summed E-state index contributed by atoms with van der Waals surface area (Å²) in [6, 6.07) is 4.96. The van der Waals surface area contributed by atoms with Gasteiger partial charge < -0.3 is 15.7 Å². The van der Waals surface area contributed by atoms with E-state index in [4.69, 9.17) is 0 Å². The van der Waals surface area contributed by atoms with Crippen LogP contribution in [0.4, 0.5) is 18.0 Å². The molecule has 0 spiro atoms. The molecule has 0 bridgehead atoms. The number of alkyl halides is 3. The average molecular weight is 521 g/mol. The van der Waals surface area contributed by atoms with Crippen LogP contribution in [0.25, 0.3) is 0 Å². The first-order valence-corrected chi connectivity index (χ1v) is 11.0. The first kappa shape index (κ1) is 25.2. The Balaban J connectivity index is 2.47. The fourth-order valence-electron chi connectivity index (χ4n) is 3.33. The van der Waals surface area contributed by atoms with Crippen LogP contribution in [0.3, 0.4) is 0 Å². The van der Waals surface area contributed by atoms with E-state index in [0.717, 1.165) is 15.4 Å². The van der Waals surface area contributed by atoms with Crippen molar-refractivity contribution in [3.63, 3.8) is 0 Å². The fraction of sp³-hybridized carbons (Fsp3) is 0.429. The quantitative estimate of drug-likeness (QED) is 0.446. The van der Waals surface area contributed by atoms with Crippen LogP contribution in [0.5, 0.6) is 0 Å². The Morgan fingerprint density at radius 2 is 1.77 bits per heavy atom. The summed E-state index contributed by atoms with van der Waals surface area (Å²) in [7, 11) is 0. The molecule has 0 saturated carbocycles. The van der Waals surface area contributed by atoms with E-state index in [1.54, 1.807) is 26.8 Å². The van der Waals surface area contributed by atoms with E-state index < -0.39 is 41.2 Å². The minimum atomic E-state index is -4.57. The molecule has 2 aromatic rings. The van der Waals surface area contributed by atoms with Gasteiger partial charge in [-0.05, 0) is 52.4 Å². The number of thiophene rings is 1. The van der Waals surface area contributed by atoms with Gasteiger partial charge in [-0.1, -0.05) is 39.0 Å². The lowest BCUT2D eigenvalue weighted by Gasteiger charge is -2.37. The molecule has 0 aliphatic carbocycles. The van der Waals surface area contributed by atoms with Gasteiger partial charge in [0, 0.05) is 9.35 Å². The third-order valence-corrected chi connectivity index (χ3v) is 6.91. The Labute approximate surface area is 191 Å². The van der Waals surface area contributed by atoms with Crippen LogP contribution < -0.4 is 10.6 Å². The number of halogens is 4. The summed E-state index contributed by atoms with van der Waals surface area (Å²) in [6.45, 7) is 7.10. The second-order valence-electron chi connectivity index (χ2n) is 8.25. The molecule has 1 aromatic heterocycles. The normalized spacial score (nSPS) is 14.1. The minimum Gasteiger partial charge on any atom is -0.465 e. The molecule has 1 unspecified atom stereocenters. The Hall–Kier alpha value is -2.07. The predicted molar refractivity (Wildman–Crippen MR) is 118 cm³/mol. The van der Waals surface area contributed by atoms with Crippen molar-refractivity contribution in [3.05, 3.63) is 55.7 Å². The van der Waals surface area contributed by atoms with Gasteiger partial charge in [-0.25, -0.2) is 4.79 Å². The molecule has 2 amide bonds. The van der Waals surface area contributed by atoms with Crippen LogP contribution in [0.15, 0.2) is 34.8 Å². The van der Waals surface area contributed by atoms with Gasteiger partial charge in [0.05, 0.1) is 22.5 Å². The first-order valence-electron chi connectivity index (χ1n) is 9.41. The highest BCUT2D eigenvalue weighted by Gasteiger charge is 2.38. The Kier molecular flexibility index (Phi) is 7.80. The lowest BCUT2D eigenvalue weighted by molar-refractivity contribution is -0.138. The van der Waals surface area contributed by atoms with Gasteiger partial charge in [-0.3, -0.25) is 4.79 Å². The number of benzene rings is 1. The number of rotatable bonds is 6. The summed E-state index contributed by atoms with van der Waals surface area (Å²) in [5, 5.41) is 14.5. The van der Waals surface area contributed by atoms with Crippen LogP contribution in [-0.4, -0.2) is 29.2 Å². The van der Waals surface area contributed by atoms with Crippen molar-refractivity contribution in [2.24, 2.45) is 5.41 Å². The highest BCUT2D eigenvalue weighted by atomic mass is 79.9. The van der Waals surface area contributed by atoms with Crippen LogP contribution in [0.2, 0.25) is 0 Å². The Bertz CT molecular complexity index is 935. The SMILES string of the molecule is Cc1sc(C(=O)N[C@@H](Cc2ccccc2C(F)(F)F)C(NC(=O)O)C(C)(C)C)cc1Br. The Morgan fingerprint density at radius 3 is 2.26 bits per heavy atom. The zero-order valence-electron chi connectivity index (χ0n) is 17.4. The molecule has 2 rings (SSSR count). The zero-order valence-corrected chi connectivity index (χ0v) is 19.8. The van der Waals surface area contributed by atoms with Gasteiger partial charge in [-0.15, -0.1) is 11.3 Å². The molecule has 2 atom stereocenters. The van der Waals surface area contributed by atoms with Gasteiger partial charge in [0.1, 0.15) is 0 Å². The van der Waals surface area contributed by atoms with Crippen molar-refractivity contribution in [2.45, 2.75) is 52.4 Å². The summed E-state index contributed by atoms with van der Waals surface area (Å²) in [4.78, 5) is 25.6. The van der Waals surface area contributed by atoms with Crippen molar-refractivity contribution >= 4 is 39.3 Å². The summed E-state index contributed by atoms with van der Waals surface area (Å²) >= 11 is 4.58. The number of carboxylic acid groups (broad SMARTS) is 1. The van der Waals surface area contributed by atoms with Crippen molar-refractivity contribution in [1.82, 2.24) is 10.6 Å². The molecule has 0 fully saturated rings. The molecular weight excluding hydrogens is 497 g/mol. The predicted octanol–water partition coefficient (Wildman–Crippen LogP) is 5.86. The van der Waals surface area contributed by atoms with Gasteiger partial charge in [-0.2, -0.15) is 13.2 Å². The van der Waals surface area contributed by atoms with Crippen molar-refractivity contribution in [1.29, 1.82) is 0 Å². The molecule has 0 saturated heterocycles. The van der Waals surface area contributed by atoms with E-state index in [0.29, 0.717) is 4.88 Å². The highest BCUT2D eigenvalue weighted by Crippen LogP contribution is 2.34. The zero-order chi connectivity index (χ0) is 23.6. The molecule has 170 valence electrons. The molecule has 3 N–H and O–H groups in total. The Morgan fingerprint density at radius 1 is 1.16 bits per heavy atom. The van der Waals surface area contributed by atoms with E-state index >= 15 is 0 Å². The molecule has 31 heavy (non-hydrogen) atoms. The number of amides is 2. The van der Waals surface area contributed by atoms with Gasteiger partial charge in [0.15, 0.2) is 0 Å².